The highest BCUT2D eigenvalue weighted by molar-refractivity contribution is 7.10. The number of rotatable bonds is 6. The van der Waals surface area contributed by atoms with Gasteiger partial charge in [0.15, 0.2) is 11.6 Å². The lowest BCUT2D eigenvalue weighted by atomic mass is 10.1. The molecule has 0 radical (unpaired) electrons. The molecule has 1 heterocycles. The average Bonchev–Trinajstić information content (AvgIpc) is 2.59. The molecular formula is C10H9F3O3S. The third-order valence-electron chi connectivity index (χ3n) is 1.96. The first-order chi connectivity index (χ1) is 7.95. The van der Waals surface area contributed by atoms with Gasteiger partial charge in [-0.3, -0.25) is 9.59 Å². The molecule has 1 rings (SSSR count). The first kappa shape index (κ1) is 13.7. The summed E-state index contributed by atoms with van der Waals surface area (Å²) in [6, 6.07) is 0. The molecular weight excluding hydrogens is 257 g/mol. The minimum atomic E-state index is -3.17. The number of hydrogen-bond acceptors (Lipinski definition) is 4. The van der Waals surface area contributed by atoms with E-state index in [9.17, 15) is 22.8 Å². The van der Waals surface area contributed by atoms with Crippen molar-refractivity contribution in [2.75, 3.05) is 7.11 Å². The number of carbonyl (C=O) groups is 2. The number of hydrogen-bond donors (Lipinski definition) is 0. The monoisotopic (exact) mass is 266 g/mol. The molecule has 0 N–H and O–H groups in total. The lowest BCUT2D eigenvalue weighted by Crippen LogP contribution is -2.16. The Morgan fingerprint density at radius 3 is 2.59 bits per heavy atom. The van der Waals surface area contributed by atoms with E-state index in [0.717, 1.165) is 11.3 Å². The van der Waals surface area contributed by atoms with Crippen molar-refractivity contribution in [2.24, 2.45) is 0 Å². The molecule has 0 aliphatic heterocycles. The number of ether oxygens (including phenoxy) is 1. The number of Topliss-reactive ketones (excluding diaryl/α,β-unsaturated/α-hetero) is 2. The zero-order valence-electron chi connectivity index (χ0n) is 8.84. The number of thiophene rings is 1. The normalized spacial score (nSPS) is 10.6. The fourth-order valence-corrected chi connectivity index (χ4v) is 2.03. The summed E-state index contributed by atoms with van der Waals surface area (Å²) < 4.78 is 41.8. The second kappa shape index (κ2) is 5.81. The van der Waals surface area contributed by atoms with Crippen molar-refractivity contribution in [3.05, 3.63) is 16.1 Å². The molecule has 0 atom stereocenters. The summed E-state index contributed by atoms with van der Waals surface area (Å²) in [5, 5.41) is 1.37. The van der Waals surface area contributed by atoms with E-state index in [1.165, 1.54) is 12.5 Å². The zero-order valence-corrected chi connectivity index (χ0v) is 9.65. The fourth-order valence-electron chi connectivity index (χ4n) is 1.14. The molecule has 7 heteroatoms. The summed E-state index contributed by atoms with van der Waals surface area (Å²) in [6.45, 7) is 0. The van der Waals surface area contributed by atoms with Crippen LogP contribution in [0.2, 0.25) is 0 Å². The maximum Gasteiger partial charge on any atom is 0.296 e. The minimum absolute atomic E-state index is 0.00186. The largest absolute Gasteiger partial charge is 0.493 e. The Kier molecular flexibility index (Phi) is 4.68. The van der Waals surface area contributed by atoms with E-state index >= 15 is 0 Å². The van der Waals surface area contributed by atoms with Crippen LogP contribution in [-0.4, -0.2) is 25.1 Å². The summed E-state index contributed by atoms with van der Waals surface area (Å²) in [5.74, 6) is -2.87. The average molecular weight is 266 g/mol. The molecule has 3 nitrogen and oxygen atoms in total. The first-order valence-electron chi connectivity index (χ1n) is 4.58. The third kappa shape index (κ3) is 3.55. The molecule has 1 aromatic rings. The van der Waals surface area contributed by atoms with Gasteiger partial charge in [-0.05, 0) is 0 Å². The molecule has 0 aliphatic rings. The standard InChI is InChI=1S/C10H9F3O3S/c1-16-7-4-17-8(9(7)11)3-5(14)2-6(15)10(12)13/h4,10H,2-3H2,1H3. The van der Waals surface area contributed by atoms with Crippen LogP contribution in [0.4, 0.5) is 13.2 Å². The topological polar surface area (TPSA) is 43.4 Å². The van der Waals surface area contributed by atoms with Gasteiger partial charge in [-0.15, -0.1) is 11.3 Å². The van der Waals surface area contributed by atoms with Crippen LogP contribution in [0.3, 0.4) is 0 Å². The summed E-state index contributed by atoms with van der Waals surface area (Å²) >= 11 is 0.945. The molecule has 0 aromatic carbocycles. The zero-order chi connectivity index (χ0) is 13.0. The van der Waals surface area contributed by atoms with Gasteiger partial charge in [0.25, 0.3) is 6.43 Å². The summed E-state index contributed by atoms with van der Waals surface area (Å²) in [7, 11) is 1.27. The Morgan fingerprint density at radius 2 is 2.12 bits per heavy atom. The van der Waals surface area contributed by atoms with E-state index in [4.69, 9.17) is 0 Å². The Morgan fingerprint density at radius 1 is 1.47 bits per heavy atom. The van der Waals surface area contributed by atoms with Gasteiger partial charge in [-0.1, -0.05) is 0 Å². The Hall–Kier alpha value is -1.37. The predicted molar refractivity (Wildman–Crippen MR) is 55.2 cm³/mol. The smallest absolute Gasteiger partial charge is 0.296 e. The van der Waals surface area contributed by atoms with Crippen molar-refractivity contribution in [1.82, 2.24) is 0 Å². The predicted octanol–water partition coefficient (Wildman–Crippen LogP) is 2.23. The van der Waals surface area contributed by atoms with Gasteiger partial charge in [-0.2, -0.15) is 0 Å². The lowest BCUT2D eigenvalue weighted by Gasteiger charge is -1.99. The minimum Gasteiger partial charge on any atom is -0.493 e. The van der Waals surface area contributed by atoms with Gasteiger partial charge in [0.2, 0.25) is 5.78 Å². The molecule has 0 aliphatic carbocycles. The van der Waals surface area contributed by atoms with Crippen molar-refractivity contribution in [3.63, 3.8) is 0 Å². The van der Waals surface area contributed by atoms with Crippen molar-refractivity contribution in [3.8, 4) is 5.75 Å². The third-order valence-corrected chi connectivity index (χ3v) is 2.90. The second-order valence-electron chi connectivity index (χ2n) is 3.20. The molecule has 1 aromatic heterocycles. The summed E-state index contributed by atoms with van der Waals surface area (Å²) in [6.07, 6.45) is -4.42. The number of carbonyl (C=O) groups excluding carboxylic acids is 2. The van der Waals surface area contributed by atoms with Gasteiger partial charge in [-0.25, -0.2) is 13.2 Å². The van der Waals surface area contributed by atoms with Gasteiger partial charge in [0.05, 0.1) is 18.4 Å². The Labute approximate surface area is 99.2 Å². The highest BCUT2D eigenvalue weighted by Gasteiger charge is 2.21. The van der Waals surface area contributed by atoms with E-state index in [1.54, 1.807) is 0 Å². The van der Waals surface area contributed by atoms with Crippen LogP contribution in [-0.2, 0) is 16.0 Å². The van der Waals surface area contributed by atoms with Crippen molar-refractivity contribution in [2.45, 2.75) is 19.3 Å². The number of ketones is 2. The molecule has 0 unspecified atom stereocenters. The SMILES string of the molecule is COc1csc(CC(=O)CC(=O)C(F)F)c1F. The van der Waals surface area contributed by atoms with Gasteiger partial charge in [0, 0.05) is 11.8 Å². The first-order valence-corrected chi connectivity index (χ1v) is 5.46. The molecule has 0 fully saturated rings. The summed E-state index contributed by atoms with van der Waals surface area (Å²) in [4.78, 5) is 21.9. The molecule has 0 amide bonds. The lowest BCUT2D eigenvalue weighted by molar-refractivity contribution is -0.133. The molecule has 0 spiro atoms. The van der Waals surface area contributed by atoms with Crippen LogP contribution < -0.4 is 4.74 Å². The molecule has 0 saturated heterocycles. The number of alkyl halides is 2. The second-order valence-corrected chi connectivity index (χ2v) is 4.16. The van der Waals surface area contributed by atoms with Gasteiger partial charge in [0.1, 0.15) is 5.78 Å². The van der Waals surface area contributed by atoms with Crippen LogP contribution in [0.1, 0.15) is 11.3 Å². The van der Waals surface area contributed by atoms with Gasteiger partial charge >= 0.3 is 0 Å². The van der Waals surface area contributed by atoms with Crippen molar-refractivity contribution >= 4 is 22.9 Å². The van der Waals surface area contributed by atoms with E-state index < -0.39 is 30.2 Å². The van der Waals surface area contributed by atoms with E-state index in [0.29, 0.717) is 0 Å². The van der Waals surface area contributed by atoms with Crippen molar-refractivity contribution in [1.29, 1.82) is 0 Å². The van der Waals surface area contributed by atoms with Crippen LogP contribution in [0.25, 0.3) is 0 Å². The fraction of sp³-hybridized carbons (Fsp3) is 0.400. The Balaban J connectivity index is 2.62. The number of methoxy groups -OCH3 is 1. The van der Waals surface area contributed by atoms with Crippen LogP contribution in [0.5, 0.6) is 5.75 Å². The van der Waals surface area contributed by atoms with Crippen molar-refractivity contribution < 1.29 is 27.5 Å². The van der Waals surface area contributed by atoms with Gasteiger partial charge < -0.3 is 4.74 Å². The van der Waals surface area contributed by atoms with Crippen LogP contribution in [0, 0.1) is 5.82 Å². The molecule has 0 bridgehead atoms. The highest BCUT2D eigenvalue weighted by Crippen LogP contribution is 2.27. The summed E-state index contributed by atoms with van der Waals surface area (Å²) in [5.41, 5.74) is 0. The van der Waals surface area contributed by atoms with Crippen LogP contribution >= 0.6 is 11.3 Å². The molecule has 17 heavy (non-hydrogen) atoms. The van der Waals surface area contributed by atoms with Crippen LogP contribution in [0.15, 0.2) is 5.38 Å². The molecule has 0 saturated carbocycles. The van der Waals surface area contributed by atoms with E-state index in [2.05, 4.69) is 4.74 Å². The van der Waals surface area contributed by atoms with E-state index in [1.807, 2.05) is 0 Å². The Bertz CT molecular complexity index is 428. The maximum absolute atomic E-state index is 13.4. The quantitative estimate of drug-likeness (QED) is 0.742. The van der Waals surface area contributed by atoms with E-state index in [-0.39, 0.29) is 17.0 Å². The number of halogens is 3. The maximum atomic E-state index is 13.4. The highest BCUT2D eigenvalue weighted by atomic mass is 32.1. The molecule has 94 valence electrons.